The van der Waals surface area contributed by atoms with Gasteiger partial charge in [-0.15, -0.1) is 0 Å². The molecule has 40 heavy (non-hydrogen) atoms. The van der Waals surface area contributed by atoms with Crippen molar-refractivity contribution in [2.75, 3.05) is 48.0 Å². The van der Waals surface area contributed by atoms with E-state index >= 15 is 0 Å². The number of amides is 1. The van der Waals surface area contributed by atoms with Crippen LogP contribution in [0.3, 0.4) is 0 Å². The molecule has 1 atom stereocenters. The maximum absolute atomic E-state index is 13.1. The van der Waals surface area contributed by atoms with Gasteiger partial charge in [-0.2, -0.15) is 0 Å². The van der Waals surface area contributed by atoms with E-state index in [2.05, 4.69) is 10.0 Å². The lowest BCUT2D eigenvalue weighted by Crippen LogP contribution is -2.45. The molecule has 0 saturated heterocycles. The topological polar surface area (TPSA) is 150 Å². The minimum Gasteiger partial charge on any atom is -0.497 e. The summed E-state index contributed by atoms with van der Waals surface area (Å²) in [6.07, 6.45) is 0.998. The molecule has 0 radical (unpaired) electrons. The van der Waals surface area contributed by atoms with E-state index in [1.807, 2.05) is 0 Å². The predicted molar refractivity (Wildman–Crippen MR) is 150 cm³/mol. The first-order valence-corrected chi connectivity index (χ1v) is 15.3. The summed E-state index contributed by atoms with van der Waals surface area (Å²) in [6, 6.07) is 13.6. The summed E-state index contributed by atoms with van der Waals surface area (Å²) in [4.78, 5) is 13.0. The predicted octanol–water partition coefficient (Wildman–Crippen LogP) is 3.07. The molecule has 12 nitrogen and oxygen atoms in total. The van der Waals surface area contributed by atoms with E-state index in [1.165, 1.54) is 63.6 Å². The van der Waals surface area contributed by atoms with Crippen molar-refractivity contribution in [2.24, 2.45) is 0 Å². The van der Waals surface area contributed by atoms with Crippen LogP contribution in [0.4, 0.5) is 17.1 Å². The average molecular weight is 592 g/mol. The van der Waals surface area contributed by atoms with E-state index in [1.54, 1.807) is 18.2 Å². The number of carbonyl (C=O) groups excluding carboxylic acids is 1. The molecule has 214 valence electrons. The van der Waals surface area contributed by atoms with Crippen LogP contribution in [0.25, 0.3) is 0 Å². The minimum absolute atomic E-state index is 0.0718. The van der Waals surface area contributed by atoms with Gasteiger partial charge in [-0.05, 0) is 55.5 Å². The summed E-state index contributed by atoms with van der Waals surface area (Å²) < 4.78 is 76.2. The Morgan fingerprint density at radius 3 is 2.20 bits per heavy atom. The van der Waals surface area contributed by atoms with Gasteiger partial charge in [0.15, 0.2) is 11.5 Å². The van der Waals surface area contributed by atoms with Gasteiger partial charge < -0.3 is 24.3 Å². The van der Waals surface area contributed by atoms with Crippen LogP contribution >= 0.6 is 0 Å². The van der Waals surface area contributed by atoms with Crippen molar-refractivity contribution >= 4 is 43.0 Å². The fraction of sp³-hybridized carbons (Fsp3) is 0.269. The summed E-state index contributed by atoms with van der Waals surface area (Å²) in [5.41, 5.74) is 0.688. The molecule has 14 heteroatoms. The Labute approximate surface area is 232 Å². The molecule has 0 unspecified atom stereocenters. The average Bonchev–Trinajstić information content (AvgIpc) is 2.92. The summed E-state index contributed by atoms with van der Waals surface area (Å²) in [7, 11) is -5.02. The Kier molecular flexibility index (Phi) is 8.30. The first-order valence-electron chi connectivity index (χ1n) is 12.0. The summed E-state index contributed by atoms with van der Waals surface area (Å²) >= 11 is 0. The fourth-order valence-corrected chi connectivity index (χ4v) is 6.27. The zero-order valence-corrected chi connectivity index (χ0v) is 23.8. The Hall–Kier alpha value is -4.17. The summed E-state index contributed by atoms with van der Waals surface area (Å²) in [5, 5.41) is 2.64. The number of methoxy groups -OCH3 is 2. The van der Waals surface area contributed by atoms with Gasteiger partial charge in [0.25, 0.3) is 10.0 Å². The Bertz CT molecular complexity index is 1610. The molecular weight excluding hydrogens is 562 g/mol. The Morgan fingerprint density at radius 1 is 0.900 bits per heavy atom. The van der Waals surface area contributed by atoms with Crippen molar-refractivity contribution in [1.29, 1.82) is 0 Å². The number of hydrogen-bond donors (Lipinski definition) is 2. The molecule has 1 amide bonds. The second kappa shape index (κ2) is 11.5. The molecule has 0 fully saturated rings. The van der Waals surface area contributed by atoms with E-state index in [4.69, 9.17) is 18.9 Å². The molecule has 2 N–H and O–H groups in total. The lowest BCUT2D eigenvalue weighted by atomic mass is 10.2. The lowest BCUT2D eigenvalue weighted by Gasteiger charge is -2.29. The molecule has 0 saturated carbocycles. The van der Waals surface area contributed by atoms with Gasteiger partial charge >= 0.3 is 0 Å². The smallest absolute Gasteiger partial charge is 0.262 e. The van der Waals surface area contributed by atoms with Crippen LogP contribution in [0.5, 0.6) is 23.0 Å². The third-order valence-electron chi connectivity index (χ3n) is 5.95. The van der Waals surface area contributed by atoms with Gasteiger partial charge in [-0.1, -0.05) is 0 Å². The molecule has 0 aliphatic carbocycles. The number of nitrogens with one attached hydrogen (secondary N) is 2. The first-order chi connectivity index (χ1) is 18.9. The number of fused-ring (bicyclic) bond motifs is 1. The maximum Gasteiger partial charge on any atom is 0.262 e. The number of ether oxygens (including phenoxy) is 4. The van der Waals surface area contributed by atoms with Crippen molar-refractivity contribution in [1.82, 2.24) is 0 Å². The van der Waals surface area contributed by atoms with Crippen molar-refractivity contribution in [3.05, 3.63) is 60.7 Å². The molecule has 4 rings (SSSR count). The van der Waals surface area contributed by atoms with E-state index in [-0.39, 0.29) is 22.0 Å². The first kappa shape index (κ1) is 28.8. The second-order valence-corrected chi connectivity index (χ2v) is 12.3. The van der Waals surface area contributed by atoms with Crippen molar-refractivity contribution in [3.8, 4) is 23.0 Å². The lowest BCUT2D eigenvalue weighted by molar-refractivity contribution is -0.116. The standard InChI is InChI=1S/C26H29N3O9S2/c1-17(29(39(4,31)32)19-7-11-24-25(15-19)38-14-13-37-24)26(30)27-18-5-9-21(10-6-18)40(33,34)28-22-16-20(35-2)8-12-23(22)36-3/h5-12,15-17,28H,13-14H2,1-4H3,(H,27,30)/t17-/m0/s1. The third kappa shape index (κ3) is 6.34. The number of nitrogens with zero attached hydrogens (tertiary/aromatic N) is 1. The van der Waals surface area contributed by atoms with Crippen LogP contribution in [-0.4, -0.2) is 62.5 Å². The zero-order chi connectivity index (χ0) is 29.1. The maximum atomic E-state index is 13.1. The van der Waals surface area contributed by atoms with Crippen LogP contribution in [0, 0.1) is 0 Å². The van der Waals surface area contributed by atoms with E-state index in [9.17, 15) is 21.6 Å². The van der Waals surface area contributed by atoms with Crippen LogP contribution in [-0.2, 0) is 24.8 Å². The third-order valence-corrected chi connectivity index (χ3v) is 8.57. The number of sulfonamides is 2. The van der Waals surface area contributed by atoms with Gasteiger partial charge in [-0.25, -0.2) is 16.8 Å². The van der Waals surface area contributed by atoms with Gasteiger partial charge in [0, 0.05) is 17.8 Å². The van der Waals surface area contributed by atoms with Crippen LogP contribution in [0.1, 0.15) is 6.92 Å². The highest BCUT2D eigenvalue weighted by Gasteiger charge is 2.30. The number of benzene rings is 3. The highest BCUT2D eigenvalue weighted by atomic mass is 32.2. The van der Waals surface area contributed by atoms with Crippen LogP contribution in [0.2, 0.25) is 0 Å². The molecule has 1 aliphatic rings. The highest BCUT2D eigenvalue weighted by Crippen LogP contribution is 2.36. The van der Waals surface area contributed by atoms with Gasteiger partial charge in [0.2, 0.25) is 15.9 Å². The van der Waals surface area contributed by atoms with Crippen molar-refractivity contribution in [3.63, 3.8) is 0 Å². The van der Waals surface area contributed by atoms with Gasteiger partial charge in [-0.3, -0.25) is 13.8 Å². The van der Waals surface area contributed by atoms with E-state index in [0.717, 1.165) is 10.6 Å². The summed E-state index contributed by atoms with van der Waals surface area (Å²) in [6.45, 7) is 2.14. The zero-order valence-electron chi connectivity index (χ0n) is 22.2. The van der Waals surface area contributed by atoms with Crippen LogP contribution < -0.4 is 33.3 Å². The molecule has 1 aliphatic heterocycles. The van der Waals surface area contributed by atoms with Crippen molar-refractivity contribution in [2.45, 2.75) is 17.9 Å². The molecular formula is C26H29N3O9S2. The largest absolute Gasteiger partial charge is 0.497 e. The fourth-order valence-electron chi connectivity index (χ4n) is 4.04. The Morgan fingerprint density at radius 2 is 1.57 bits per heavy atom. The monoisotopic (exact) mass is 591 g/mol. The number of anilines is 3. The molecule has 3 aromatic rings. The minimum atomic E-state index is -4.02. The highest BCUT2D eigenvalue weighted by molar-refractivity contribution is 7.92. The number of carbonyl (C=O) groups is 1. The van der Waals surface area contributed by atoms with Crippen LogP contribution in [0.15, 0.2) is 65.6 Å². The molecule has 0 aromatic heterocycles. The van der Waals surface area contributed by atoms with Crippen molar-refractivity contribution < 1.29 is 40.6 Å². The molecule has 0 bridgehead atoms. The second-order valence-electron chi connectivity index (χ2n) is 8.75. The van der Waals surface area contributed by atoms with E-state index in [0.29, 0.717) is 36.2 Å². The van der Waals surface area contributed by atoms with E-state index < -0.39 is 32.0 Å². The number of rotatable bonds is 10. The quantitative estimate of drug-likeness (QED) is 0.363. The molecule has 1 heterocycles. The number of hydrogen-bond acceptors (Lipinski definition) is 9. The van der Waals surface area contributed by atoms with Gasteiger partial charge in [0.1, 0.15) is 30.8 Å². The molecule has 3 aromatic carbocycles. The normalized spacial score (nSPS) is 13.6. The molecule has 0 spiro atoms. The SMILES string of the molecule is COc1ccc(OC)c(NS(=O)(=O)c2ccc(NC(=O)[C@H](C)N(c3ccc4c(c3)OCCO4)S(C)(=O)=O)cc2)c1. The summed E-state index contributed by atoms with van der Waals surface area (Å²) in [5.74, 6) is 0.966. The Balaban J connectivity index is 1.51. The van der Waals surface area contributed by atoms with Gasteiger partial charge in [0.05, 0.1) is 36.7 Å².